The Morgan fingerprint density at radius 2 is 1.00 bits per heavy atom. The largest absolute Gasteiger partial charge is 0.379 e. The summed E-state index contributed by atoms with van der Waals surface area (Å²) in [5, 5.41) is 12.2. The van der Waals surface area contributed by atoms with Crippen LogP contribution in [0.1, 0.15) is 182 Å². The van der Waals surface area contributed by atoms with E-state index in [2.05, 4.69) is 33.1 Å². The fourth-order valence-corrected chi connectivity index (χ4v) is 12.8. The number of hydrogen-bond donors (Lipinski definition) is 4. The first-order valence-corrected chi connectivity index (χ1v) is 35.1. The van der Waals surface area contributed by atoms with Crippen molar-refractivity contribution in [3.63, 3.8) is 0 Å². The van der Waals surface area contributed by atoms with Gasteiger partial charge in [-0.15, -0.1) is 0 Å². The van der Waals surface area contributed by atoms with Gasteiger partial charge in [0.25, 0.3) is 5.91 Å². The molecule has 11 amide bonds. The maximum Gasteiger partial charge on any atom is 0.270 e. The standard InChI is InChI=1S/C69H124N12O14/c1-24-26-27-30-45(13)58-57-62(85)72-50(25-2)65(88)74(18)48(16)64(87)79(23)56(49(17)94-34-29-28-31-80-32-35-93-36-33-80)61(84)73-54(43(9)10)68(91)75(19)51(37-40(3)4)60(83)70-46(14)59(82)71-47(15)63(86)76(20)52(38-41(5)6)66(89)77(21)53(39-42(7)8)67(90)78(22)55(44(11)12)69(92)81(57)95-58/h40-58H,24-39H2,1-23H3,(H,70,83)(H,71,82)(H,72,85)(H,73,84)/t45-,46+,47-,48-,49-,50+,51+,52+,53+,54+,55+,56+,57+,58-/m1/s1. The lowest BCUT2D eigenvalue weighted by Crippen LogP contribution is -2.72. The van der Waals surface area contributed by atoms with Gasteiger partial charge in [0, 0.05) is 62.0 Å². The molecule has 0 saturated carbocycles. The van der Waals surface area contributed by atoms with Gasteiger partial charge in [-0.1, -0.05) is 109 Å². The van der Waals surface area contributed by atoms with Crippen molar-refractivity contribution in [3.8, 4) is 0 Å². The van der Waals surface area contributed by atoms with Crippen LogP contribution in [0.4, 0.5) is 0 Å². The number of likely N-dealkylation sites (N-methyl/N-ethyl adjacent to an activating group) is 6. The van der Waals surface area contributed by atoms with Gasteiger partial charge in [0.15, 0.2) is 6.04 Å². The third kappa shape index (κ3) is 22.8. The third-order valence-electron chi connectivity index (χ3n) is 19.0. The number of morpholine rings is 1. The molecule has 0 aliphatic carbocycles. The van der Waals surface area contributed by atoms with E-state index in [0.29, 0.717) is 26.1 Å². The molecule has 4 N–H and O–H groups in total. The van der Waals surface area contributed by atoms with Crippen LogP contribution >= 0.6 is 0 Å². The molecule has 0 aromatic heterocycles. The molecule has 26 heteroatoms. The molecule has 3 aliphatic rings. The average Bonchev–Trinajstić information content (AvgIpc) is 0.758. The summed E-state index contributed by atoms with van der Waals surface area (Å²) >= 11 is 0. The molecule has 3 rings (SSSR count). The molecular weight excluding hydrogens is 1220 g/mol. The first-order valence-electron chi connectivity index (χ1n) is 35.1. The lowest BCUT2D eigenvalue weighted by atomic mass is 9.88. The monoisotopic (exact) mass is 1340 g/mol. The van der Waals surface area contributed by atoms with Crippen molar-refractivity contribution in [2.45, 2.75) is 261 Å². The minimum atomic E-state index is -1.37. The number of hydroxylamine groups is 2. The molecule has 3 fully saturated rings. The normalized spacial score (nSPS) is 28.4. The van der Waals surface area contributed by atoms with Crippen LogP contribution < -0.4 is 21.3 Å². The molecule has 26 nitrogen and oxygen atoms in total. The molecule has 0 spiro atoms. The predicted molar refractivity (Wildman–Crippen MR) is 363 cm³/mol. The Morgan fingerprint density at radius 3 is 1.53 bits per heavy atom. The number of unbranched alkanes of at least 4 members (excludes halogenated alkanes) is 3. The lowest BCUT2D eigenvalue weighted by molar-refractivity contribution is -0.322. The zero-order valence-electron chi connectivity index (χ0n) is 62.1. The van der Waals surface area contributed by atoms with Crippen molar-refractivity contribution in [1.29, 1.82) is 0 Å². The summed E-state index contributed by atoms with van der Waals surface area (Å²) in [6.07, 6.45) is 3.52. The molecule has 544 valence electrons. The highest BCUT2D eigenvalue weighted by Crippen LogP contribution is 2.34. The molecule has 95 heavy (non-hydrogen) atoms. The molecular formula is C69H124N12O14. The van der Waals surface area contributed by atoms with Crippen LogP contribution in [0.25, 0.3) is 0 Å². The summed E-state index contributed by atoms with van der Waals surface area (Å²) in [7, 11) is 8.70. The topological polar surface area (TPSA) is 289 Å². The molecule has 3 saturated heterocycles. The number of nitrogens with zero attached hydrogens (tertiary/aromatic N) is 8. The minimum Gasteiger partial charge on any atom is -0.379 e. The van der Waals surface area contributed by atoms with Crippen molar-refractivity contribution in [3.05, 3.63) is 0 Å². The Labute approximate surface area is 568 Å². The van der Waals surface area contributed by atoms with Gasteiger partial charge in [0.1, 0.15) is 66.5 Å². The highest BCUT2D eigenvalue weighted by atomic mass is 16.7. The van der Waals surface area contributed by atoms with Crippen LogP contribution in [-0.4, -0.2) is 265 Å². The van der Waals surface area contributed by atoms with Crippen LogP contribution in [0, 0.1) is 35.5 Å². The number of carbonyl (C=O) groups excluding carboxylic acids is 11. The van der Waals surface area contributed by atoms with E-state index in [-0.39, 0.29) is 56.0 Å². The smallest absolute Gasteiger partial charge is 0.270 e. The minimum absolute atomic E-state index is 0.0640. The first-order chi connectivity index (χ1) is 44.4. The van der Waals surface area contributed by atoms with E-state index in [0.717, 1.165) is 50.4 Å². The second-order valence-electron chi connectivity index (χ2n) is 29.0. The summed E-state index contributed by atoms with van der Waals surface area (Å²) in [5.74, 6) is -9.06. The van der Waals surface area contributed by atoms with E-state index in [1.165, 1.54) is 92.5 Å². The van der Waals surface area contributed by atoms with Crippen LogP contribution in [0.5, 0.6) is 0 Å². The number of hydrogen-bond acceptors (Lipinski definition) is 15. The molecule has 0 aromatic rings. The molecule has 0 unspecified atom stereocenters. The third-order valence-corrected chi connectivity index (χ3v) is 19.0. The Kier molecular flexibility index (Phi) is 34.0. The molecule has 0 radical (unpaired) electrons. The Hall–Kier alpha value is -5.99. The summed E-state index contributed by atoms with van der Waals surface area (Å²) in [6.45, 7) is 34.0. The molecule has 0 aromatic carbocycles. The summed E-state index contributed by atoms with van der Waals surface area (Å²) in [4.78, 5) is 179. The number of fused-ring (bicyclic) bond motifs is 1. The Morgan fingerprint density at radius 1 is 0.484 bits per heavy atom. The van der Waals surface area contributed by atoms with Gasteiger partial charge in [-0.2, -0.15) is 0 Å². The van der Waals surface area contributed by atoms with E-state index in [9.17, 15) is 28.8 Å². The number of amides is 11. The van der Waals surface area contributed by atoms with Crippen molar-refractivity contribution >= 4 is 65.0 Å². The lowest BCUT2D eigenvalue weighted by Gasteiger charge is -2.50. The Bertz CT molecular complexity index is 2570. The van der Waals surface area contributed by atoms with E-state index in [1.807, 2.05) is 48.5 Å². The van der Waals surface area contributed by atoms with Crippen LogP contribution in [-0.2, 0) is 67.1 Å². The van der Waals surface area contributed by atoms with Crippen LogP contribution in [0.2, 0.25) is 0 Å². The van der Waals surface area contributed by atoms with Gasteiger partial charge in [0.05, 0.1) is 19.3 Å². The van der Waals surface area contributed by atoms with Gasteiger partial charge in [-0.25, -0.2) is 5.06 Å². The van der Waals surface area contributed by atoms with Crippen molar-refractivity contribution in [1.82, 2.24) is 60.6 Å². The maximum absolute atomic E-state index is 15.2. The first kappa shape index (κ1) is 83.2. The predicted octanol–water partition coefficient (Wildman–Crippen LogP) is 4.07. The molecule has 14 atom stereocenters. The molecule has 3 aliphatic heterocycles. The van der Waals surface area contributed by atoms with E-state index in [1.54, 1.807) is 41.5 Å². The maximum atomic E-state index is 15.2. The van der Waals surface area contributed by atoms with Gasteiger partial charge >= 0.3 is 0 Å². The quantitative estimate of drug-likeness (QED) is 0.118. The second-order valence-corrected chi connectivity index (χ2v) is 29.0. The number of ether oxygens (including phenoxy) is 2. The number of rotatable bonds is 21. The van der Waals surface area contributed by atoms with Crippen LogP contribution in [0.15, 0.2) is 0 Å². The Balaban J connectivity index is 2.28. The fourth-order valence-electron chi connectivity index (χ4n) is 12.8. The molecule has 3 heterocycles. The highest BCUT2D eigenvalue weighted by Gasteiger charge is 2.55. The van der Waals surface area contributed by atoms with Gasteiger partial charge in [0.2, 0.25) is 59.1 Å². The average molecular weight is 1350 g/mol. The zero-order chi connectivity index (χ0) is 72.2. The SMILES string of the molecule is CCCCC[C@@H](C)[C@H]1ON2C(=O)[C@H](C(C)C)N(C)C(=O)[C@H](CC(C)C)N(C)C(=O)[C@H](CC(C)C)N(C)C(=O)[C@@H](C)NC(=O)[C@H](C)NC(=O)[C@H](CC(C)C)N(C)C(=O)[C@H](C(C)C)NC(=O)[C@H]([C@@H](C)OCCCCN3CCOCC3)N(C)C(=O)[C@@H](C)N(C)C(=O)[C@H](CC)NC(=O)[C@H]12. The fraction of sp³-hybridized carbons (Fsp3) is 0.841. The molecule has 0 bridgehead atoms. The van der Waals surface area contributed by atoms with Crippen molar-refractivity contribution in [2.75, 3.05) is 81.7 Å². The number of nitrogens with one attached hydrogen (secondary N) is 4. The summed E-state index contributed by atoms with van der Waals surface area (Å²) in [5.41, 5.74) is 0. The highest BCUT2D eigenvalue weighted by molar-refractivity contribution is 6.00. The van der Waals surface area contributed by atoms with Gasteiger partial charge in [-0.3, -0.25) is 62.5 Å². The zero-order valence-corrected chi connectivity index (χ0v) is 62.1. The van der Waals surface area contributed by atoms with E-state index in [4.69, 9.17) is 14.3 Å². The summed E-state index contributed by atoms with van der Waals surface area (Å²) in [6, 6.07) is -13.5. The van der Waals surface area contributed by atoms with E-state index >= 15 is 24.0 Å². The van der Waals surface area contributed by atoms with Crippen LogP contribution in [0.3, 0.4) is 0 Å². The van der Waals surface area contributed by atoms with Gasteiger partial charge < -0.3 is 60.1 Å². The summed E-state index contributed by atoms with van der Waals surface area (Å²) < 4.78 is 11.9. The second kappa shape index (κ2) is 38.8. The number of carbonyl (C=O) groups is 11. The van der Waals surface area contributed by atoms with Gasteiger partial charge in [-0.05, 0) is 115 Å². The van der Waals surface area contributed by atoms with Crippen molar-refractivity contribution in [2.24, 2.45) is 35.5 Å². The van der Waals surface area contributed by atoms with E-state index < -0.39 is 155 Å². The van der Waals surface area contributed by atoms with Crippen molar-refractivity contribution < 1.29 is 67.1 Å².